The predicted molar refractivity (Wildman–Crippen MR) is 84.1 cm³/mol. The lowest BCUT2D eigenvalue weighted by Gasteiger charge is -2.26. The molecule has 0 bridgehead atoms. The zero-order valence-corrected chi connectivity index (χ0v) is 13.0. The van der Waals surface area contributed by atoms with Crippen molar-refractivity contribution in [3.8, 4) is 17.1 Å². The van der Waals surface area contributed by atoms with Crippen LogP contribution in [0.25, 0.3) is 11.4 Å². The number of hydrogen-bond donors (Lipinski definition) is 1. The van der Waals surface area contributed by atoms with Gasteiger partial charge in [-0.25, -0.2) is 9.97 Å². The largest absolute Gasteiger partial charge is 0.493 e. The van der Waals surface area contributed by atoms with Crippen molar-refractivity contribution in [3.63, 3.8) is 0 Å². The fraction of sp³-hybridized carbons (Fsp3) is 0.333. The molecule has 8 heteroatoms. The average Bonchev–Trinajstić information content (AvgIpc) is 3.22. The number of nitrogens with zero attached hydrogens (tertiary/aromatic N) is 6. The summed E-state index contributed by atoms with van der Waals surface area (Å²) < 4.78 is 7.19. The summed E-state index contributed by atoms with van der Waals surface area (Å²) in [4.78, 5) is 11.3. The van der Waals surface area contributed by atoms with Crippen molar-refractivity contribution in [1.29, 1.82) is 0 Å². The van der Waals surface area contributed by atoms with Crippen LogP contribution in [0.5, 0.6) is 5.75 Å². The normalized spacial score (nSPS) is 13.9. The van der Waals surface area contributed by atoms with E-state index in [-0.39, 0.29) is 0 Å². The lowest BCUT2D eigenvalue weighted by atomic mass is 10.1. The highest BCUT2D eigenvalue weighted by Crippen LogP contribution is 2.29. The number of aromatic amines is 1. The van der Waals surface area contributed by atoms with Gasteiger partial charge in [0.2, 0.25) is 5.95 Å². The van der Waals surface area contributed by atoms with E-state index in [0.717, 1.165) is 30.9 Å². The van der Waals surface area contributed by atoms with Crippen molar-refractivity contribution in [3.05, 3.63) is 35.9 Å². The molecule has 1 aliphatic rings. The SMILES string of the molecule is COc1cnc(N2CCc3[nH]ncc3C2)nc1-c1ccnn1C. The molecule has 0 saturated carbocycles. The summed E-state index contributed by atoms with van der Waals surface area (Å²) >= 11 is 0. The van der Waals surface area contributed by atoms with Crippen molar-refractivity contribution >= 4 is 5.95 Å². The Kier molecular flexibility index (Phi) is 3.22. The maximum atomic E-state index is 5.41. The van der Waals surface area contributed by atoms with Crippen LogP contribution in [0.2, 0.25) is 0 Å². The first kappa shape index (κ1) is 13.7. The number of aryl methyl sites for hydroxylation is 1. The van der Waals surface area contributed by atoms with Gasteiger partial charge in [-0.1, -0.05) is 0 Å². The van der Waals surface area contributed by atoms with E-state index < -0.39 is 0 Å². The molecule has 1 aliphatic heterocycles. The van der Waals surface area contributed by atoms with E-state index in [4.69, 9.17) is 9.72 Å². The lowest BCUT2D eigenvalue weighted by Crippen LogP contribution is -2.31. The van der Waals surface area contributed by atoms with E-state index >= 15 is 0 Å². The molecule has 0 spiro atoms. The second-order valence-corrected chi connectivity index (χ2v) is 5.47. The molecule has 23 heavy (non-hydrogen) atoms. The number of ether oxygens (including phenoxy) is 1. The fourth-order valence-electron chi connectivity index (χ4n) is 2.85. The Balaban J connectivity index is 1.72. The molecule has 118 valence electrons. The number of nitrogens with one attached hydrogen (secondary N) is 1. The van der Waals surface area contributed by atoms with Crippen molar-refractivity contribution in [2.24, 2.45) is 7.05 Å². The van der Waals surface area contributed by atoms with Gasteiger partial charge in [-0.15, -0.1) is 0 Å². The molecular weight excluding hydrogens is 294 g/mol. The lowest BCUT2D eigenvalue weighted by molar-refractivity contribution is 0.412. The number of rotatable bonds is 3. The van der Waals surface area contributed by atoms with Crippen LogP contribution < -0.4 is 9.64 Å². The Morgan fingerprint density at radius 3 is 3.00 bits per heavy atom. The minimum atomic E-state index is 0.637. The zero-order valence-electron chi connectivity index (χ0n) is 13.0. The highest BCUT2D eigenvalue weighted by atomic mass is 16.5. The highest BCUT2D eigenvalue weighted by molar-refractivity contribution is 5.63. The average molecular weight is 311 g/mol. The van der Waals surface area contributed by atoms with Gasteiger partial charge >= 0.3 is 0 Å². The van der Waals surface area contributed by atoms with Crippen molar-refractivity contribution < 1.29 is 4.74 Å². The molecule has 0 saturated heterocycles. The third kappa shape index (κ3) is 2.32. The third-order valence-corrected chi connectivity index (χ3v) is 4.11. The van der Waals surface area contributed by atoms with Gasteiger partial charge in [0.05, 0.1) is 25.2 Å². The maximum absolute atomic E-state index is 5.41. The van der Waals surface area contributed by atoms with Gasteiger partial charge < -0.3 is 9.64 Å². The Bertz CT molecular complexity index is 838. The van der Waals surface area contributed by atoms with Crippen LogP contribution in [0.4, 0.5) is 5.95 Å². The fourth-order valence-corrected chi connectivity index (χ4v) is 2.85. The molecule has 0 amide bonds. The van der Waals surface area contributed by atoms with Gasteiger partial charge in [0, 0.05) is 44.0 Å². The molecule has 0 aromatic carbocycles. The molecule has 4 rings (SSSR count). The van der Waals surface area contributed by atoms with Crippen molar-refractivity contribution in [2.75, 3.05) is 18.6 Å². The third-order valence-electron chi connectivity index (χ3n) is 4.11. The van der Waals surface area contributed by atoms with E-state index in [2.05, 4.69) is 25.2 Å². The number of aromatic nitrogens is 6. The Morgan fingerprint density at radius 2 is 2.22 bits per heavy atom. The number of H-pyrrole nitrogens is 1. The van der Waals surface area contributed by atoms with Gasteiger partial charge in [-0.3, -0.25) is 9.78 Å². The summed E-state index contributed by atoms with van der Waals surface area (Å²) in [5.74, 6) is 1.33. The van der Waals surface area contributed by atoms with E-state index in [1.165, 1.54) is 11.3 Å². The van der Waals surface area contributed by atoms with Gasteiger partial charge in [-0.2, -0.15) is 10.2 Å². The second kappa shape index (κ2) is 5.38. The molecule has 3 aromatic rings. The minimum Gasteiger partial charge on any atom is -0.493 e. The summed E-state index contributed by atoms with van der Waals surface area (Å²) in [6.45, 7) is 1.61. The second-order valence-electron chi connectivity index (χ2n) is 5.47. The summed E-state index contributed by atoms with van der Waals surface area (Å²) in [5.41, 5.74) is 4.03. The highest BCUT2D eigenvalue weighted by Gasteiger charge is 2.22. The quantitative estimate of drug-likeness (QED) is 0.781. The van der Waals surface area contributed by atoms with Gasteiger partial charge in [0.15, 0.2) is 5.75 Å². The molecule has 4 heterocycles. The number of fused-ring (bicyclic) bond motifs is 1. The minimum absolute atomic E-state index is 0.637. The van der Waals surface area contributed by atoms with Crippen LogP contribution in [-0.2, 0) is 20.0 Å². The van der Waals surface area contributed by atoms with E-state index in [0.29, 0.717) is 11.7 Å². The Hall–Kier alpha value is -2.90. The molecule has 0 unspecified atom stereocenters. The maximum Gasteiger partial charge on any atom is 0.226 e. The topological polar surface area (TPSA) is 84.8 Å². The van der Waals surface area contributed by atoms with Gasteiger partial charge in [0.1, 0.15) is 5.69 Å². The Labute approximate surface area is 133 Å². The summed E-state index contributed by atoms with van der Waals surface area (Å²) in [5, 5.41) is 11.4. The zero-order chi connectivity index (χ0) is 15.8. The first-order chi connectivity index (χ1) is 11.3. The molecule has 1 N–H and O–H groups in total. The van der Waals surface area contributed by atoms with Crippen LogP contribution in [0.1, 0.15) is 11.3 Å². The van der Waals surface area contributed by atoms with Crippen molar-refractivity contribution in [2.45, 2.75) is 13.0 Å². The van der Waals surface area contributed by atoms with Crippen LogP contribution in [0, 0.1) is 0 Å². The number of anilines is 1. The summed E-state index contributed by atoms with van der Waals surface area (Å²) in [6, 6.07) is 1.92. The van der Waals surface area contributed by atoms with Crippen LogP contribution >= 0.6 is 0 Å². The molecule has 0 radical (unpaired) electrons. The molecule has 3 aromatic heterocycles. The van der Waals surface area contributed by atoms with Gasteiger partial charge in [-0.05, 0) is 6.07 Å². The molecule has 0 fully saturated rings. The smallest absolute Gasteiger partial charge is 0.226 e. The number of methoxy groups -OCH3 is 1. The van der Waals surface area contributed by atoms with E-state index in [1.807, 2.05) is 19.3 Å². The first-order valence-corrected chi connectivity index (χ1v) is 7.41. The molecule has 8 nitrogen and oxygen atoms in total. The van der Waals surface area contributed by atoms with Gasteiger partial charge in [0.25, 0.3) is 0 Å². The molecule has 0 atom stereocenters. The van der Waals surface area contributed by atoms with E-state index in [9.17, 15) is 0 Å². The Morgan fingerprint density at radius 1 is 1.30 bits per heavy atom. The summed E-state index contributed by atoms with van der Waals surface area (Å²) in [6.07, 6.45) is 6.24. The monoisotopic (exact) mass is 311 g/mol. The standard InChI is InChI=1S/C15H17N7O/c1-21-12(3-5-18-21)14-13(23-2)8-16-15(19-14)22-6-4-11-10(9-22)7-17-20-11/h3,5,7-8H,4,6,9H2,1-2H3,(H,17,20). The van der Waals surface area contributed by atoms with E-state index in [1.54, 1.807) is 24.2 Å². The van der Waals surface area contributed by atoms with Crippen molar-refractivity contribution in [1.82, 2.24) is 29.9 Å². The van der Waals surface area contributed by atoms with Crippen LogP contribution in [0.3, 0.4) is 0 Å². The number of hydrogen-bond acceptors (Lipinski definition) is 6. The van der Waals surface area contributed by atoms with Crippen LogP contribution in [0.15, 0.2) is 24.7 Å². The predicted octanol–water partition coefficient (Wildman–Crippen LogP) is 1.17. The van der Waals surface area contributed by atoms with Crippen LogP contribution in [-0.4, -0.2) is 43.6 Å². The molecular formula is C15H17N7O. The molecule has 0 aliphatic carbocycles. The first-order valence-electron chi connectivity index (χ1n) is 7.41. The summed E-state index contributed by atoms with van der Waals surface area (Å²) in [7, 11) is 3.51.